The number of esters is 1. The molecule has 0 aromatic carbocycles. The Labute approximate surface area is 141 Å². The molecular weight excluding hydrogens is 336 g/mol. The van der Waals surface area contributed by atoms with Crippen LogP contribution in [-0.4, -0.2) is 33.7 Å². The van der Waals surface area contributed by atoms with Gasteiger partial charge in [-0.1, -0.05) is 11.8 Å². The zero-order valence-electron chi connectivity index (χ0n) is 13.0. The van der Waals surface area contributed by atoms with Crippen molar-refractivity contribution in [2.24, 2.45) is 0 Å². The molecule has 24 heavy (non-hydrogen) atoms. The maximum Gasteiger partial charge on any atom is 0.319 e. The summed E-state index contributed by atoms with van der Waals surface area (Å²) in [6.07, 6.45) is 1.33. The molecule has 2 aromatic heterocycles. The molecular formula is C14H16N4O5S. The Bertz CT molecular complexity index is 787. The van der Waals surface area contributed by atoms with Crippen molar-refractivity contribution >= 4 is 35.1 Å². The fraction of sp³-hybridized carbons (Fsp3) is 0.286. The number of nitrogens with two attached hydrogens (primary N) is 1. The first kappa shape index (κ1) is 17.6. The SMILES string of the molecule is CCOC(=O)C(C)Sc1nc(N)c(NC(=O)c2ccco2)c(=O)[nH]1. The van der Waals surface area contributed by atoms with E-state index in [-0.39, 0.29) is 29.0 Å². The van der Waals surface area contributed by atoms with Crippen molar-refractivity contribution in [1.82, 2.24) is 9.97 Å². The van der Waals surface area contributed by atoms with E-state index in [0.717, 1.165) is 11.8 Å². The third-order valence-electron chi connectivity index (χ3n) is 2.82. The number of carbonyl (C=O) groups is 2. The molecule has 9 nitrogen and oxygen atoms in total. The van der Waals surface area contributed by atoms with Crippen LogP contribution in [0.25, 0.3) is 0 Å². The van der Waals surface area contributed by atoms with Crippen LogP contribution in [0.5, 0.6) is 0 Å². The van der Waals surface area contributed by atoms with Gasteiger partial charge < -0.3 is 20.2 Å². The average molecular weight is 352 g/mol. The van der Waals surface area contributed by atoms with E-state index in [4.69, 9.17) is 14.9 Å². The normalized spacial score (nSPS) is 11.8. The summed E-state index contributed by atoms with van der Waals surface area (Å²) in [6.45, 7) is 3.57. The zero-order valence-corrected chi connectivity index (χ0v) is 13.8. The predicted molar refractivity (Wildman–Crippen MR) is 87.9 cm³/mol. The summed E-state index contributed by atoms with van der Waals surface area (Å²) in [5, 5.41) is 1.91. The number of hydrogen-bond acceptors (Lipinski definition) is 8. The summed E-state index contributed by atoms with van der Waals surface area (Å²) in [6, 6.07) is 2.98. The van der Waals surface area contributed by atoms with Crippen LogP contribution in [0, 0.1) is 0 Å². The number of carbonyl (C=O) groups excluding carboxylic acids is 2. The largest absolute Gasteiger partial charge is 0.465 e. The van der Waals surface area contributed by atoms with Crippen LogP contribution in [-0.2, 0) is 9.53 Å². The number of thioether (sulfide) groups is 1. The van der Waals surface area contributed by atoms with Gasteiger partial charge in [0.25, 0.3) is 11.5 Å². The van der Waals surface area contributed by atoms with Crippen molar-refractivity contribution in [2.75, 3.05) is 17.7 Å². The maximum atomic E-state index is 12.1. The van der Waals surface area contributed by atoms with Gasteiger partial charge in [0, 0.05) is 0 Å². The van der Waals surface area contributed by atoms with Crippen LogP contribution >= 0.6 is 11.8 Å². The highest BCUT2D eigenvalue weighted by Gasteiger charge is 2.19. The Morgan fingerprint density at radius 1 is 1.54 bits per heavy atom. The van der Waals surface area contributed by atoms with Gasteiger partial charge >= 0.3 is 5.97 Å². The van der Waals surface area contributed by atoms with Crippen LogP contribution in [0.15, 0.2) is 32.8 Å². The van der Waals surface area contributed by atoms with Crippen molar-refractivity contribution in [3.8, 4) is 0 Å². The topological polar surface area (TPSA) is 140 Å². The van der Waals surface area contributed by atoms with E-state index >= 15 is 0 Å². The first-order chi connectivity index (χ1) is 11.4. The molecule has 0 bridgehead atoms. The van der Waals surface area contributed by atoms with Crippen LogP contribution < -0.4 is 16.6 Å². The number of ether oxygens (including phenoxy) is 1. The van der Waals surface area contributed by atoms with Gasteiger partial charge in [-0.3, -0.25) is 19.4 Å². The van der Waals surface area contributed by atoms with E-state index in [9.17, 15) is 14.4 Å². The smallest absolute Gasteiger partial charge is 0.319 e. The van der Waals surface area contributed by atoms with Gasteiger partial charge in [-0.25, -0.2) is 4.98 Å². The second-order valence-electron chi connectivity index (χ2n) is 4.57. The summed E-state index contributed by atoms with van der Waals surface area (Å²) in [5.41, 5.74) is 4.90. The molecule has 0 saturated carbocycles. The number of nitrogen functional groups attached to an aromatic ring is 1. The summed E-state index contributed by atoms with van der Waals surface area (Å²) in [5.74, 6) is -1.20. The highest BCUT2D eigenvalue weighted by Crippen LogP contribution is 2.22. The molecule has 10 heteroatoms. The van der Waals surface area contributed by atoms with Gasteiger partial charge in [-0.15, -0.1) is 0 Å². The number of aromatic amines is 1. The summed E-state index contributed by atoms with van der Waals surface area (Å²) < 4.78 is 9.81. The summed E-state index contributed by atoms with van der Waals surface area (Å²) >= 11 is 0.993. The van der Waals surface area contributed by atoms with Crippen molar-refractivity contribution in [3.63, 3.8) is 0 Å². The number of aromatic nitrogens is 2. The third kappa shape index (κ3) is 4.16. The Morgan fingerprint density at radius 3 is 2.88 bits per heavy atom. The molecule has 0 aliphatic heterocycles. The van der Waals surface area contributed by atoms with E-state index in [1.54, 1.807) is 13.8 Å². The lowest BCUT2D eigenvalue weighted by molar-refractivity contribution is -0.142. The Morgan fingerprint density at radius 2 is 2.29 bits per heavy atom. The molecule has 0 spiro atoms. The van der Waals surface area contributed by atoms with Gasteiger partial charge in [0.05, 0.1) is 12.9 Å². The monoisotopic (exact) mass is 352 g/mol. The van der Waals surface area contributed by atoms with Gasteiger partial charge in [0.15, 0.2) is 22.4 Å². The van der Waals surface area contributed by atoms with Crippen molar-refractivity contribution < 1.29 is 18.7 Å². The fourth-order valence-electron chi connectivity index (χ4n) is 1.70. The second kappa shape index (κ2) is 7.68. The lowest BCUT2D eigenvalue weighted by Crippen LogP contribution is -2.23. The summed E-state index contributed by atoms with van der Waals surface area (Å²) in [4.78, 5) is 42.0. The molecule has 1 amide bonds. The minimum absolute atomic E-state index is 0.0307. The zero-order chi connectivity index (χ0) is 17.7. The number of rotatable bonds is 6. The highest BCUT2D eigenvalue weighted by atomic mass is 32.2. The van der Waals surface area contributed by atoms with Crippen molar-refractivity contribution in [3.05, 3.63) is 34.5 Å². The number of H-pyrrole nitrogens is 1. The first-order valence-corrected chi connectivity index (χ1v) is 7.88. The van der Waals surface area contributed by atoms with Gasteiger partial charge in [0.2, 0.25) is 0 Å². The van der Waals surface area contributed by atoms with Gasteiger partial charge in [0.1, 0.15) is 5.25 Å². The predicted octanol–water partition coefficient (Wildman–Crippen LogP) is 1.24. The van der Waals surface area contributed by atoms with E-state index < -0.39 is 22.7 Å². The lowest BCUT2D eigenvalue weighted by Gasteiger charge is -2.11. The molecule has 2 heterocycles. The standard InChI is InChI=1S/C14H16N4O5S/c1-3-22-13(21)7(2)24-14-17-10(15)9(12(20)18-14)16-11(19)8-5-4-6-23-8/h4-7H,3H2,1-2H3,(H,16,19)(H3,15,17,18,20). The van der Waals surface area contributed by atoms with E-state index in [2.05, 4.69) is 15.3 Å². The summed E-state index contributed by atoms with van der Waals surface area (Å²) in [7, 11) is 0. The minimum Gasteiger partial charge on any atom is -0.465 e. The molecule has 2 aromatic rings. The molecule has 0 aliphatic rings. The van der Waals surface area contributed by atoms with Crippen molar-refractivity contribution in [2.45, 2.75) is 24.3 Å². The molecule has 2 rings (SSSR count). The molecule has 1 atom stereocenters. The van der Waals surface area contributed by atoms with E-state index in [1.807, 2.05) is 0 Å². The van der Waals surface area contributed by atoms with Crippen LogP contribution in [0.4, 0.5) is 11.5 Å². The quantitative estimate of drug-likeness (QED) is 0.401. The molecule has 4 N–H and O–H groups in total. The molecule has 0 aliphatic carbocycles. The van der Waals surface area contributed by atoms with Gasteiger partial charge in [-0.05, 0) is 26.0 Å². The highest BCUT2D eigenvalue weighted by molar-refractivity contribution is 8.00. The Balaban J connectivity index is 2.15. The maximum absolute atomic E-state index is 12.1. The van der Waals surface area contributed by atoms with Crippen LogP contribution in [0.2, 0.25) is 0 Å². The first-order valence-electron chi connectivity index (χ1n) is 7.00. The van der Waals surface area contributed by atoms with Gasteiger partial charge in [-0.2, -0.15) is 0 Å². The molecule has 128 valence electrons. The number of furan rings is 1. The molecule has 0 fully saturated rings. The van der Waals surface area contributed by atoms with Crippen molar-refractivity contribution in [1.29, 1.82) is 0 Å². The second-order valence-corrected chi connectivity index (χ2v) is 5.90. The molecule has 0 radical (unpaired) electrons. The number of amides is 1. The van der Waals surface area contributed by atoms with E-state index in [1.165, 1.54) is 18.4 Å². The van der Waals surface area contributed by atoms with Crippen LogP contribution in [0.3, 0.4) is 0 Å². The number of nitrogens with one attached hydrogen (secondary N) is 2. The molecule has 1 unspecified atom stereocenters. The van der Waals surface area contributed by atoms with Crippen LogP contribution in [0.1, 0.15) is 24.4 Å². The number of hydrogen-bond donors (Lipinski definition) is 3. The molecule has 0 saturated heterocycles. The average Bonchev–Trinajstić information content (AvgIpc) is 3.05. The number of anilines is 2. The fourth-order valence-corrected chi connectivity index (χ4v) is 2.51. The Hall–Kier alpha value is -2.75. The number of nitrogens with zero attached hydrogens (tertiary/aromatic N) is 1. The third-order valence-corrected chi connectivity index (χ3v) is 3.78. The van der Waals surface area contributed by atoms with E-state index in [0.29, 0.717) is 0 Å². The lowest BCUT2D eigenvalue weighted by atomic mass is 10.4. The minimum atomic E-state index is -0.638. The Kier molecular flexibility index (Phi) is 5.64.